The number of hydrogen-bond donors (Lipinski definition) is 1. The molecule has 0 unspecified atom stereocenters. The van der Waals surface area contributed by atoms with Crippen molar-refractivity contribution in [3.63, 3.8) is 0 Å². The van der Waals surface area contributed by atoms with Crippen LogP contribution in [0.4, 0.5) is 17.6 Å². The molecule has 32 heavy (non-hydrogen) atoms. The lowest BCUT2D eigenvalue weighted by molar-refractivity contribution is -0.192. The molecule has 0 aliphatic carbocycles. The van der Waals surface area contributed by atoms with Gasteiger partial charge in [0, 0.05) is 45.7 Å². The van der Waals surface area contributed by atoms with Gasteiger partial charge in [-0.1, -0.05) is 12.1 Å². The lowest BCUT2D eigenvalue weighted by Gasteiger charge is -2.45. The predicted octanol–water partition coefficient (Wildman–Crippen LogP) is 2.50. The number of halogens is 4. The van der Waals surface area contributed by atoms with Crippen molar-refractivity contribution in [3.05, 3.63) is 35.6 Å². The first kappa shape index (κ1) is 25.6. The maximum atomic E-state index is 13.0. The molecule has 0 atom stereocenters. The molecule has 2 aliphatic rings. The van der Waals surface area contributed by atoms with Gasteiger partial charge in [-0.3, -0.25) is 14.5 Å². The molecule has 2 saturated heterocycles. The summed E-state index contributed by atoms with van der Waals surface area (Å²) in [6.07, 6.45) is -1.92. The molecule has 0 saturated carbocycles. The van der Waals surface area contributed by atoms with E-state index in [4.69, 9.17) is 9.90 Å². The van der Waals surface area contributed by atoms with Crippen molar-refractivity contribution < 1.29 is 37.1 Å². The SMILES string of the molecule is CN(C)C(=O)CN1C(=O)CCC12CCN(Cc1ccc(F)cc1)CC2.O=C(O)C(F)(F)F. The van der Waals surface area contributed by atoms with Crippen LogP contribution in [0, 0.1) is 5.82 Å². The molecule has 7 nitrogen and oxygen atoms in total. The number of carbonyl (C=O) groups is 3. The van der Waals surface area contributed by atoms with E-state index in [-0.39, 0.29) is 29.7 Å². The van der Waals surface area contributed by atoms with Crippen molar-refractivity contribution in [3.8, 4) is 0 Å². The highest BCUT2D eigenvalue weighted by Gasteiger charge is 2.47. The molecule has 1 N–H and O–H groups in total. The second kappa shape index (κ2) is 10.3. The Bertz CT molecular complexity index is 819. The minimum absolute atomic E-state index is 0.0247. The first-order chi connectivity index (χ1) is 14.8. The molecular weight excluding hydrogens is 434 g/mol. The first-order valence-electron chi connectivity index (χ1n) is 10.1. The highest BCUT2D eigenvalue weighted by Crippen LogP contribution is 2.39. The zero-order chi connectivity index (χ0) is 24.1. The summed E-state index contributed by atoms with van der Waals surface area (Å²) in [6, 6.07) is 6.62. The number of amides is 2. The fraction of sp³-hybridized carbons (Fsp3) is 0.571. The van der Waals surface area contributed by atoms with Gasteiger partial charge in [0.05, 0.1) is 0 Å². The van der Waals surface area contributed by atoms with Gasteiger partial charge in [0.1, 0.15) is 12.4 Å². The van der Waals surface area contributed by atoms with Crippen molar-refractivity contribution in [2.24, 2.45) is 0 Å². The summed E-state index contributed by atoms with van der Waals surface area (Å²) in [5, 5.41) is 7.12. The highest BCUT2D eigenvalue weighted by atomic mass is 19.4. The van der Waals surface area contributed by atoms with Crippen molar-refractivity contribution in [2.45, 2.75) is 43.9 Å². The third-order valence-electron chi connectivity index (χ3n) is 5.82. The van der Waals surface area contributed by atoms with Crippen LogP contribution in [0.3, 0.4) is 0 Å². The molecule has 2 aliphatic heterocycles. The Kier molecular flexibility index (Phi) is 8.22. The van der Waals surface area contributed by atoms with Gasteiger partial charge in [0.15, 0.2) is 0 Å². The molecule has 0 bridgehead atoms. The quantitative estimate of drug-likeness (QED) is 0.697. The fourth-order valence-corrected chi connectivity index (χ4v) is 3.90. The molecule has 0 aromatic heterocycles. The van der Waals surface area contributed by atoms with Crippen LogP contribution in [0.5, 0.6) is 0 Å². The van der Waals surface area contributed by atoms with Gasteiger partial charge < -0.3 is 14.9 Å². The number of likely N-dealkylation sites (tertiary alicyclic amines) is 2. The van der Waals surface area contributed by atoms with Crippen LogP contribution < -0.4 is 0 Å². The number of rotatable bonds is 4. The van der Waals surface area contributed by atoms with E-state index in [0.717, 1.165) is 44.5 Å². The van der Waals surface area contributed by atoms with Gasteiger partial charge in [0.25, 0.3) is 0 Å². The third kappa shape index (κ3) is 6.65. The zero-order valence-corrected chi connectivity index (χ0v) is 18.0. The highest BCUT2D eigenvalue weighted by molar-refractivity contribution is 5.86. The Labute approximate surface area is 183 Å². The van der Waals surface area contributed by atoms with Gasteiger partial charge >= 0.3 is 12.1 Å². The molecule has 1 spiro atoms. The normalized spacial score (nSPS) is 18.3. The molecule has 2 heterocycles. The van der Waals surface area contributed by atoms with E-state index in [2.05, 4.69) is 4.90 Å². The summed E-state index contributed by atoms with van der Waals surface area (Å²) in [4.78, 5) is 39.0. The molecule has 0 radical (unpaired) electrons. The number of carboxylic acids is 1. The van der Waals surface area contributed by atoms with Gasteiger partial charge in [-0.25, -0.2) is 9.18 Å². The summed E-state index contributed by atoms with van der Waals surface area (Å²) in [5.74, 6) is -2.90. The Hall–Kier alpha value is -2.69. The Morgan fingerprint density at radius 3 is 2.09 bits per heavy atom. The molecular formula is C21H27F4N3O4. The molecule has 178 valence electrons. The number of carboxylic acid groups (broad SMARTS) is 1. The number of benzene rings is 1. The average molecular weight is 461 g/mol. The smallest absolute Gasteiger partial charge is 0.475 e. The minimum Gasteiger partial charge on any atom is -0.475 e. The van der Waals surface area contributed by atoms with Gasteiger partial charge in [-0.2, -0.15) is 13.2 Å². The fourth-order valence-electron chi connectivity index (χ4n) is 3.90. The topological polar surface area (TPSA) is 81.2 Å². The number of aliphatic carboxylic acids is 1. The van der Waals surface area contributed by atoms with Crippen molar-refractivity contribution in [1.82, 2.24) is 14.7 Å². The maximum absolute atomic E-state index is 13.0. The van der Waals surface area contributed by atoms with Gasteiger partial charge in [0.2, 0.25) is 11.8 Å². The molecule has 2 fully saturated rings. The molecule has 2 amide bonds. The lowest BCUT2D eigenvalue weighted by Crippen LogP contribution is -2.55. The van der Waals surface area contributed by atoms with Crippen LogP contribution in [-0.4, -0.2) is 83.0 Å². The number of carbonyl (C=O) groups excluding carboxylic acids is 2. The predicted molar refractivity (Wildman–Crippen MR) is 107 cm³/mol. The van der Waals surface area contributed by atoms with E-state index in [1.54, 1.807) is 19.0 Å². The van der Waals surface area contributed by atoms with E-state index in [9.17, 15) is 27.2 Å². The van der Waals surface area contributed by atoms with Crippen molar-refractivity contribution in [1.29, 1.82) is 0 Å². The molecule has 3 rings (SSSR count). The van der Waals surface area contributed by atoms with Gasteiger partial charge in [-0.05, 0) is 37.0 Å². The van der Waals surface area contributed by atoms with Crippen LogP contribution in [0.1, 0.15) is 31.2 Å². The van der Waals surface area contributed by atoms with Crippen LogP contribution in [-0.2, 0) is 20.9 Å². The van der Waals surface area contributed by atoms with E-state index >= 15 is 0 Å². The second-order valence-corrected chi connectivity index (χ2v) is 8.20. The van der Waals surface area contributed by atoms with Crippen molar-refractivity contribution >= 4 is 17.8 Å². The summed E-state index contributed by atoms with van der Waals surface area (Å²) in [7, 11) is 3.45. The Morgan fingerprint density at radius 2 is 1.62 bits per heavy atom. The monoisotopic (exact) mass is 461 g/mol. The Morgan fingerprint density at radius 1 is 1.09 bits per heavy atom. The summed E-state index contributed by atoms with van der Waals surface area (Å²) >= 11 is 0. The van der Waals surface area contributed by atoms with Crippen LogP contribution in [0.2, 0.25) is 0 Å². The summed E-state index contributed by atoms with van der Waals surface area (Å²) in [5.41, 5.74) is 0.932. The lowest BCUT2D eigenvalue weighted by atomic mass is 9.84. The second-order valence-electron chi connectivity index (χ2n) is 8.20. The van der Waals surface area contributed by atoms with E-state index < -0.39 is 12.1 Å². The number of hydrogen-bond acceptors (Lipinski definition) is 4. The standard InChI is InChI=1S/C19H26FN3O2.C2HF3O2/c1-21(2)18(25)14-23-17(24)7-8-19(23)9-11-22(12-10-19)13-15-3-5-16(20)6-4-15;3-2(4,5)1(6)7/h3-6H,7-14H2,1-2H3;(H,6,7). The van der Waals surface area contributed by atoms with Crippen molar-refractivity contribution in [2.75, 3.05) is 33.7 Å². The third-order valence-corrected chi connectivity index (χ3v) is 5.82. The van der Waals surface area contributed by atoms with Crippen LogP contribution in [0.15, 0.2) is 24.3 Å². The Balaban J connectivity index is 0.000000451. The summed E-state index contributed by atoms with van der Waals surface area (Å²) < 4.78 is 44.8. The van der Waals surface area contributed by atoms with Gasteiger partial charge in [-0.15, -0.1) is 0 Å². The molecule has 11 heteroatoms. The molecule has 1 aromatic carbocycles. The van der Waals surface area contributed by atoms with E-state index in [0.29, 0.717) is 6.42 Å². The first-order valence-corrected chi connectivity index (χ1v) is 10.1. The van der Waals surface area contributed by atoms with Crippen LogP contribution in [0.25, 0.3) is 0 Å². The number of nitrogens with zero attached hydrogens (tertiary/aromatic N) is 3. The molecule has 1 aromatic rings. The summed E-state index contributed by atoms with van der Waals surface area (Å²) in [6.45, 7) is 2.75. The number of alkyl halides is 3. The zero-order valence-electron chi connectivity index (χ0n) is 18.0. The minimum atomic E-state index is -5.08. The van der Waals surface area contributed by atoms with E-state index in [1.807, 2.05) is 17.0 Å². The average Bonchev–Trinajstić information content (AvgIpc) is 3.01. The van der Waals surface area contributed by atoms with Crippen LogP contribution >= 0.6 is 0 Å². The van der Waals surface area contributed by atoms with E-state index in [1.165, 1.54) is 12.1 Å². The number of likely N-dealkylation sites (N-methyl/N-ethyl adjacent to an activating group) is 1. The number of piperidine rings is 1. The maximum Gasteiger partial charge on any atom is 0.490 e. The largest absolute Gasteiger partial charge is 0.490 e.